The molecule has 14 heavy (non-hydrogen) atoms. The molecule has 1 aromatic rings. The summed E-state index contributed by atoms with van der Waals surface area (Å²) in [5, 5.41) is 0. The Kier molecular flexibility index (Phi) is 3.36. The summed E-state index contributed by atoms with van der Waals surface area (Å²) < 4.78 is 31.0. The Bertz CT molecular complexity index is 449. The zero-order valence-electron chi connectivity index (χ0n) is 7.34. The molecule has 0 amide bonds. The summed E-state index contributed by atoms with van der Waals surface area (Å²) in [5.41, 5.74) is 0.495. The number of allylic oxidation sites excluding steroid dienone is 1. The fraction of sp³-hybridized carbons (Fsp3) is 0.111. The van der Waals surface area contributed by atoms with E-state index in [1.165, 1.54) is 6.07 Å². The second kappa shape index (κ2) is 4.16. The van der Waals surface area contributed by atoms with Gasteiger partial charge in [0.05, 0.1) is 0 Å². The van der Waals surface area contributed by atoms with Crippen molar-refractivity contribution in [2.24, 2.45) is 0 Å². The normalized spacial score (nSPS) is 11.3. The first-order valence-corrected chi connectivity index (χ1v) is 5.74. The third-order valence-corrected chi connectivity index (χ3v) is 3.22. The minimum absolute atomic E-state index is 0.136. The Labute approximate surface area is 88.6 Å². The third-order valence-electron chi connectivity index (χ3n) is 1.70. The van der Waals surface area contributed by atoms with Crippen molar-refractivity contribution in [3.63, 3.8) is 0 Å². The van der Waals surface area contributed by atoms with Crippen molar-refractivity contribution in [3.8, 4) is 0 Å². The molecule has 0 saturated heterocycles. The van der Waals surface area contributed by atoms with Crippen molar-refractivity contribution in [3.05, 3.63) is 36.4 Å². The van der Waals surface area contributed by atoms with E-state index in [1.807, 2.05) is 0 Å². The standard InChI is InChI=1S/C9H10O3S2/c1-2-4-7-5-3-6-8(13)9(7)14(10,11)12/h2-3,5-6,13H,1,4H2,(H,10,11,12). The van der Waals surface area contributed by atoms with Gasteiger partial charge in [-0.2, -0.15) is 8.42 Å². The minimum Gasteiger partial charge on any atom is -0.282 e. The highest BCUT2D eigenvalue weighted by Gasteiger charge is 2.17. The lowest BCUT2D eigenvalue weighted by molar-refractivity contribution is 0.480. The van der Waals surface area contributed by atoms with E-state index in [0.717, 1.165) is 0 Å². The van der Waals surface area contributed by atoms with Crippen molar-refractivity contribution < 1.29 is 13.0 Å². The SMILES string of the molecule is C=CCc1cccc(S)c1S(=O)(=O)O. The molecule has 0 radical (unpaired) electrons. The highest BCUT2D eigenvalue weighted by Crippen LogP contribution is 2.24. The third kappa shape index (κ3) is 2.37. The van der Waals surface area contributed by atoms with Gasteiger partial charge in [0, 0.05) is 4.90 Å². The van der Waals surface area contributed by atoms with Gasteiger partial charge in [-0.1, -0.05) is 18.2 Å². The fourth-order valence-electron chi connectivity index (χ4n) is 1.19. The molecule has 0 atom stereocenters. The molecule has 0 spiro atoms. The maximum absolute atomic E-state index is 11.0. The molecule has 0 bridgehead atoms. The zero-order valence-corrected chi connectivity index (χ0v) is 9.05. The lowest BCUT2D eigenvalue weighted by atomic mass is 10.1. The van der Waals surface area contributed by atoms with E-state index in [1.54, 1.807) is 18.2 Å². The predicted octanol–water partition coefficient (Wildman–Crippen LogP) is 1.95. The van der Waals surface area contributed by atoms with Gasteiger partial charge in [0.2, 0.25) is 0 Å². The van der Waals surface area contributed by atoms with Gasteiger partial charge in [-0.15, -0.1) is 19.2 Å². The quantitative estimate of drug-likeness (QED) is 0.474. The monoisotopic (exact) mass is 230 g/mol. The van der Waals surface area contributed by atoms with E-state index in [4.69, 9.17) is 4.55 Å². The molecule has 1 N–H and O–H groups in total. The maximum Gasteiger partial charge on any atom is 0.295 e. The van der Waals surface area contributed by atoms with Gasteiger partial charge in [-0.25, -0.2) is 0 Å². The summed E-state index contributed by atoms with van der Waals surface area (Å²) in [6.07, 6.45) is 1.95. The van der Waals surface area contributed by atoms with Crippen LogP contribution in [0, 0.1) is 0 Å². The molecule has 0 unspecified atom stereocenters. The van der Waals surface area contributed by atoms with Crippen LogP contribution in [0.15, 0.2) is 40.6 Å². The molecule has 0 fully saturated rings. The second-order valence-electron chi connectivity index (χ2n) is 2.73. The van der Waals surface area contributed by atoms with Crippen molar-refractivity contribution >= 4 is 22.7 Å². The molecule has 1 aromatic carbocycles. The van der Waals surface area contributed by atoms with Crippen LogP contribution in [0.2, 0.25) is 0 Å². The molecule has 0 heterocycles. The van der Waals surface area contributed by atoms with Crippen molar-refractivity contribution in [1.29, 1.82) is 0 Å². The molecule has 3 nitrogen and oxygen atoms in total. The van der Waals surface area contributed by atoms with Crippen LogP contribution in [0.1, 0.15) is 5.56 Å². The number of benzene rings is 1. The number of rotatable bonds is 3. The minimum atomic E-state index is -4.21. The van der Waals surface area contributed by atoms with Crippen LogP contribution in [0.4, 0.5) is 0 Å². The summed E-state index contributed by atoms with van der Waals surface area (Å²) in [6.45, 7) is 3.51. The van der Waals surface area contributed by atoms with E-state index >= 15 is 0 Å². The average molecular weight is 230 g/mol. The van der Waals surface area contributed by atoms with Gasteiger partial charge in [-0.05, 0) is 18.1 Å². The summed E-state index contributed by atoms with van der Waals surface area (Å²) in [4.78, 5) is 0.107. The molecule has 0 aromatic heterocycles. The summed E-state index contributed by atoms with van der Waals surface area (Å²) in [7, 11) is -4.21. The molecular weight excluding hydrogens is 220 g/mol. The molecule has 0 saturated carbocycles. The van der Waals surface area contributed by atoms with Gasteiger partial charge < -0.3 is 0 Å². The summed E-state index contributed by atoms with van der Waals surface area (Å²) >= 11 is 3.98. The Hall–Kier alpha value is -0.780. The fourth-order valence-corrected chi connectivity index (χ4v) is 2.58. The summed E-state index contributed by atoms with van der Waals surface area (Å²) in [5.74, 6) is 0. The lowest BCUT2D eigenvalue weighted by Crippen LogP contribution is -2.04. The van der Waals surface area contributed by atoms with Crippen LogP contribution in [-0.4, -0.2) is 13.0 Å². The number of hydrogen-bond donors (Lipinski definition) is 2. The largest absolute Gasteiger partial charge is 0.295 e. The Morgan fingerprint density at radius 2 is 2.14 bits per heavy atom. The Morgan fingerprint density at radius 1 is 1.50 bits per heavy atom. The molecule has 1 rings (SSSR count). The molecule has 5 heteroatoms. The van der Waals surface area contributed by atoms with Crippen molar-refractivity contribution in [2.45, 2.75) is 16.2 Å². The first-order chi connectivity index (χ1) is 6.46. The Morgan fingerprint density at radius 3 is 2.64 bits per heavy atom. The highest BCUT2D eigenvalue weighted by atomic mass is 32.2. The van der Waals surface area contributed by atoms with Gasteiger partial charge in [-0.3, -0.25) is 4.55 Å². The van der Waals surface area contributed by atoms with Crippen molar-refractivity contribution in [1.82, 2.24) is 0 Å². The average Bonchev–Trinajstić information content (AvgIpc) is 2.02. The topological polar surface area (TPSA) is 54.4 Å². The van der Waals surface area contributed by atoms with Crippen LogP contribution in [-0.2, 0) is 16.5 Å². The van der Waals surface area contributed by atoms with Crippen molar-refractivity contribution in [2.75, 3.05) is 0 Å². The van der Waals surface area contributed by atoms with Crippen LogP contribution in [0.5, 0.6) is 0 Å². The summed E-state index contributed by atoms with van der Waals surface area (Å²) in [6, 6.07) is 4.80. The van der Waals surface area contributed by atoms with E-state index < -0.39 is 10.1 Å². The van der Waals surface area contributed by atoms with Gasteiger partial charge in [0.15, 0.2) is 0 Å². The zero-order chi connectivity index (χ0) is 10.8. The van der Waals surface area contributed by atoms with Gasteiger partial charge >= 0.3 is 0 Å². The van der Waals surface area contributed by atoms with Crippen LogP contribution < -0.4 is 0 Å². The van der Waals surface area contributed by atoms with E-state index in [-0.39, 0.29) is 9.79 Å². The molecule has 0 aliphatic rings. The Balaban J connectivity index is 3.45. The first kappa shape index (κ1) is 11.3. The highest BCUT2D eigenvalue weighted by molar-refractivity contribution is 7.87. The van der Waals surface area contributed by atoms with E-state index in [2.05, 4.69) is 19.2 Å². The maximum atomic E-state index is 11.0. The predicted molar refractivity (Wildman–Crippen MR) is 57.4 cm³/mol. The van der Waals surface area contributed by atoms with Crippen LogP contribution in [0.3, 0.4) is 0 Å². The number of hydrogen-bond acceptors (Lipinski definition) is 3. The molecule has 0 aliphatic heterocycles. The molecular formula is C9H10O3S2. The van der Waals surface area contributed by atoms with Gasteiger partial charge in [0.1, 0.15) is 4.90 Å². The molecule has 0 aliphatic carbocycles. The van der Waals surface area contributed by atoms with Crippen LogP contribution in [0.25, 0.3) is 0 Å². The first-order valence-electron chi connectivity index (χ1n) is 3.86. The smallest absolute Gasteiger partial charge is 0.282 e. The van der Waals surface area contributed by atoms with Crippen LogP contribution >= 0.6 is 12.6 Å². The van der Waals surface area contributed by atoms with E-state index in [0.29, 0.717) is 12.0 Å². The lowest BCUT2D eigenvalue weighted by Gasteiger charge is -2.06. The van der Waals surface area contributed by atoms with E-state index in [9.17, 15) is 8.42 Å². The van der Waals surface area contributed by atoms with Gasteiger partial charge in [0.25, 0.3) is 10.1 Å². The number of thiol groups is 1. The molecule has 76 valence electrons. The second-order valence-corrected chi connectivity index (χ2v) is 4.57.